The summed E-state index contributed by atoms with van der Waals surface area (Å²) in [4.78, 5) is 18.9. The number of nitrogens with two attached hydrogens (primary N) is 1. The van der Waals surface area contributed by atoms with Gasteiger partial charge in [0.25, 0.3) is 0 Å². The second-order valence-corrected chi connectivity index (χ2v) is 5.76. The van der Waals surface area contributed by atoms with Crippen LogP contribution in [0.2, 0.25) is 0 Å². The van der Waals surface area contributed by atoms with E-state index < -0.39 is 4.92 Å². The number of anilines is 4. The van der Waals surface area contributed by atoms with E-state index in [1.807, 2.05) is 0 Å². The van der Waals surface area contributed by atoms with Gasteiger partial charge in [-0.25, -0.2) is 0 Å². The van der Waals surface area contributed by atoms with Crippen LogP contribution < -0.4 is 21.1 Å². The van der Waals surface area contributed by atoms with Crippen LogP contribution >= 0.6 is 0 Å². The minimum atomic E-state index is -0.606. The third-order valence-corrected chi connectivity index (χ3v) is 3.96. The van der Waals surface area contributed by atoms with Crippen molar-refractivity contribution in [2.75, 3.05) is 36.6 Å². The molecule has 138 valence electrons. The van der Waals surface area contributed by atoms with Crippen LogP contribution in [0.1, 0.15) is 12.8 Å². The molecule has 1 saturated heterocycles. The van der Waals surface area contributed by atoms with E-state index >= 15 is 0 Å². The van der Waals surface area contributed by atoms with Gasteiger partial charge in [0.05, 0.1) is 18.1 Å². The van der Waals surface area contributed by atoms with Gasteiger partial charge < -0.3 is 25.8 Å². The molecule has 0 saturated carbocycles. The molecule has 1 atom stereocenters. The lowest BCUT2D eigenvalue weighted by Gasteiger charge is -2.13. The van der Waals surface area contributed by atoms with Gasteiger partial charge in [-0.1, -0.05) is 0 Å². The summed E-state index contributed by atoms with van der Waals surface area (Å²) >= 11 is 0. The quantitative estimate of drug-likeness (QED) is 0.501. The van der Waals surface area contributed by atoms with Gasteiger partial charge in [-0.05, 0) is 37.1 Å². The maximum atomic E-state index is 11.4. The fourth-order valence-corrected chi connectivity index (χ4v) is 2.64. The molecule has 10 heteroatoms. The van der Waals surface area contributed by atoms with Gasteiger partial charge in [0.15, 0.2) is 0 Å². The molecule has 0 bridgehead atoms. The lowest BCUT2D eigenvalue weighted by atomic mass is 10.2. The molecule has 2 aromatic rings. The van der Waals surface area contributed by atoms with Crippen molar-refractivity contribution in [3.05, 3.63) is 34.4 Å². The fourth-order valence-electron chi connectivity index (χ4n) is 2.64. The monoisotopic (exact) mass is 360 g/mol. The number of aromatic nitrogens is 2. The van der Waals surface area contributed by atoms with Crippen LogP contribution in [0.25, 0.3) is 0 Å². The Balaban J connectivity index is 1.83. The first kappa shape index (κ1) is 17.7. The lowest BCUT2D eigenvalue weighted by molar-refractivity contribution is -0.383. The molecule has 1 aromatic carbocycles. The second kappa shape index (κ2) is 7.83. The Hall–Kier alpha value is -3.14. The molecule has 0 unspecified atom stereocenters. The number of nitrogens with zero attached hydrogens (tertiary/aromatic N) is 3. The number of hydrogen-bond donors (Lipinski definition) is 3. The van der Waals surface area contributed by atoms with Crippen LogP contribution in [0.5, 0.6) is 5.75 Å². The Morgan fingerprint density at radius 2 is 2.15 bits per heavy atom. The molecule has 10 nitrogen and oxygen atoms in total. The van der Waals surface area contributed by atoms with Crippen LogP contribution in [0.3, 0.4) is 0 Å². The Bertz CT molecular complexity index is 777. The molecule has 0 aliphatic carbocycles. The third kappa shape index (κ3) is 4.09. The number of rotatable bonds is 7. The van der Waals surface area contributed by atoms with Gasteiger partial charge in [0.1, 0.15) is 5.75 Å². The summed E-state index contributed by atoms with van der Waals surface area (Å²) in [7, 11) is 1.56. The van der Waals surface area contributed by atoms with E-state index in [4.69, 9.17) is 15.2 Å². The number of methoxy groups -OCH3 is 1. The van der Waals surface area contributed by atoms with Crippen LogP contribution in [0.4, 0.5) is 29.0 Å². The molecule has 1 aromatic heterocycles. The molecular weight excluding hydrogens is 340 g/mol. The predicted molar refractivity (Wildman–Crippen MR) is 96.8 cm³/mol. The van der Waals surface area contributed by atoms with Gasteiger partial charge in [-0.3, -0.25) is 10.1 Å². The average Bonchev–Trinajstić information content (AvgIpc) is 3.13. The second-order valence-electron chi connectivity index (χ2n) is 5.76. The Morgan fingerprint density at radius 3 is 2.77 bits per heavy atom. The molecule has 2 heterocycles. The smallest absolute Gasteiger partial charge is 0.353 e. The molecule has 1 aliphatic heterocycles. The number of nitro groups is 1. The van der Waals surface area contributed by atoms with Gasteiger partial charge >= 0.3 is 5.69 Å². The Labute approximate surface area is 149 Å². The maximum Gasteiger partial charge on any atom is 0.353 e. The third-order valence-electron chi connectivity index (χ3n) is 3.96. The van der Waals surface area contributed by atoms with E-state index in [9.17, 15) is 10.1 Å². The molecule has 0 amide bonds. The van der Waals surface area contributed by atoms with Gasteiger partial charge in [0, 0.05) is 18.8 Å². The van der Waals surface area contributed by atoms with Crippen molar-refractivity contribution < 1.29 is 14.4 Å². The number of ether oxygens (including phenoxy) is 2. The van der Waals surface area contributed by atoms with E-state index in [1.54, 1.807) is 31.4 Å². The highest BCUT2D eigenvalue weighted by Crippen LogP contribution is 2.31. The van der Waals surface area contributed by atoms with Crippen LogP contribution in [0.15, 0.2) is 24.3 Å². The zero-order valence-corrected chi connectivity index (χ0v) is 14.3. The highest BCUT2D eigenvalue weighted by Gasteiger charge is 2.24. The summed E-state index contributed by atoms with van der Waals surface area (Å²) in [6.07, 6.45) is 2.04. The Kier molecular flexibility index (Phi) is 5.32. The normalized spacial score (nSPS) is 16.3. The molecule has 4 N–H and O–H groups in total. The zero-order valence-electron chi connectivity index (χ0n) is 14.3. The minimum absolute atomic E-state index is 0.0162. The SMILES string of the molecule is COc1ccc(Nc2nc(NC[C@H]3CCCO3)nc(N)c2[N+](=O)[O-])cc1. The summed E-state index contributed by atoms with van der Waals surface area (Å²) in [5.41, 5.74) is 6.02. The summed E-state index contributed by atoms with van der Waals surface area (Å²) in [6.45, 7) is 1.25. The molecule has 1 aliphatic rings. The number of nitrogens with one attached hydrogen (secondary N) is 2. The first-order chi connectivity index (χ1) is 12.6. The number of benzene rings is 1. The van der Waals surface area contributed by atoms with Crippen molar-refractivity contribution in [1.82, 2.24) is 9.97 Å². The lowest BCUT2D eigenvalue weighted by Crippen LogP contribution is -2.20. The highest BCUT2D eigenvalue weighted by molar-refractivity contribution is 5.74. The standard InChI is InChI=1S/C16H20N6O4/c1-25-11-6-4-10(5-7-11)19-15-13(22(23)24)14(17)20-16(21-15)18-9-12-3-2-8-26-12/h4-7,12H,2-3,8-9H2,1H3,(H4,17,18,19,20,21)/t12-/m1/s1. The molecular formula is C16H20N6O4. The van der Waals surface area contributed by atoms with Crippen LogP contribution in [0, 0.1) is 10.1 Å². The predicted octanol–water partition coefficient (Wildman–Crippen LogP) is 2.31. The molecule has 26 heavy (non-hydrogen) atoms. The first-order valence-electron chi connectivity index (χ1n) is 8.15. The Morgan fingerprint density at radius 1 is 1.38 bits per heavy atom. The van der Waals surface area contributed by atoms with E-state index in [1.165, 1.54) is 0 Å². The largest absolute Gasteiger partial charge is 0.497 e. The molecule has 0 radical (unpaired) electrons. The highest BCUT2D eigenvalue weighted by atomic mass is 16.6. The summed E-state index contributed by atoms with van der Waals surface area (Å²) < 4.78 is 10.6. The van der Waals surface area contributed by atoms with Crippen molar-refractivity contribution in [3.8, 4) is 5.75 Å². The summed E-state index contributed by atoms with van der Waals surface area (Å²) in [6, 6.07) is 6.91. The number of hydrogen-bond acceptors (Lipinski definition) is 9. The minimum Gasteiger partial charge on any atom is -0.497 e. The number of nitrogen functional groups attached to an aromatic ring is 1. The zero-order chi connectivity index (χ0) is 18.5. The van der Waals surface area contributed by atoms with Crippen molar-refractivity contribution in [2.45, 2.75) is 18.9 Å². The molecule has 1 fully saturated rings. The van der Waals surface area contributed by atoms with Crippen molar-refractivity contribution in [1.29, 1.82) is 0 Å². The van der Waals surface area contributed by atoms with E-state index in [0.717, 1.165) is 19.4 Å². The summed E-state index contributed by atoms with van der Waals surface area (Å²) in [5.74, 6) is 0.684. The van der Waals surface area contributed by atoms with Crippen LogP contribution in [-0.2, 0) is 4.74 Å². The maximum absolute atomic E-state index is 11.4. The van der Waals surface area contributed by atoms with E-state index in [0.29, 0.717) is 18.0 Å². The van der Waals surface area contributed by atoms with Gasteiger partial charge in [0.2, 0.25) is 17.6 Å². The van der Waals surface area contributed by atoms with Crippen molar-refractivity contribution in [2.24, 2.45) is 0 Å². The summed E-state index contributed by atoms with van der Waals surface area (Å²) in [5, 5.41) is 17.3. The molecule has 0 spiro atoms. The average molecular weight is 360 g/mol. The topological polar surface area (TPSA) is 137 Å². The van der Waals surface area contributed by atoms with Crippen molar-refractivity contribution in [3.63, 3.8) is 0 Å². The van der Waals surface area contributed by atoms with Crippen molar-refractivity contribution >= 4 is 29.0 Å². The van der Waals surface area contributed by atoms with Gasteiger partial charge in [-0.2, -0.15) is 9.97 Å². The molecule has 3 rings (SSSR count). The van der Waals surface area contributed by atoms with Crippen LogP contribution in [-0.4, -0.2) is 41.3 Å². The van der Waals surface area contributed by atoms with E-state index in [-0.39, 0.29) is 29.4 Å². The fraction of sp³-hybridized carbons (Fsp3) is 0.375. The van der Waals surface area contributed by atoms with Gasteiger partial charge in [-0.15, -0.1) is 0 Å². The van der Waals surface area contributed by atoms with E-state index in [2.05, 4.69) is 20.6 Å². The first-order valence-corrected chi connectivity index (χ1v) is 8.15.